The number of rotatable bonds is 7. The van der Waals surface area contributed by atoms with Gasteiger partial charge in [0.05, 0.1) is 19.7 Å². The number of nitrogens with zero attached hydrogens (tertiary/aromatic N) is 6. The fraction of sp³-hybridized carbons (Fsp3) is 0.591. The molecular formula is C22H36IN7O. The predicted molar refractivity (Wildman–Crippen MR) is 135 cm³/mol. The van der Waals surface area contributed by atoms with E-state index in [0.717, 1.165) is 43.8 Å². The first-order valence-corrected chi connectivity index (χ1v) is 10.7. The normalized spacial score (nSPS) is 19.9. The summed E-state index contributed by atoms with van der Waals surface area (Å²) in [5.41, 5.74) is 1.20. The van der Waals surface area contributed by atoms with Gasteiger partial charge in [0, 0.05) is 45.9 Å². The van der Waals surface area contributed by atoms with Crippen LogP contribution in [-0.2, 0) is 24.9 Å². The van der Waals surface area contributed by atoms with Crippen LogP contribution in [0.1, 0.15) is 31.1 Å². The smallest absolute Gasteiger partial charge is 0.194 e. The Labute approximate surface area is 203 Å². The maximum atomic E-state index is 5.30. The Bertz CT molecular complexity index is 815. The topological polar surface area (TPSA) is 70.8 Å². The molecule has 0 spiro atoms. The van der Waals surface area contributed by atoms with Crippen LogP contribution in [0, 0.1) is 6.92 Å². The molecule has 0 aliphatic carbocycles. The molecular weight excluding hydrogens is 505 g/mol. The van der Waals surface area contributed by atoms with Crippen molar-refractivity contribution in [2.75, 3.05) is 33.4 Å². The summed E-state index contributed by atoms with van der Waals surface area (Å²) in [7, 11) is 3.75. The van der Waals surface area contributed by atoms with E-state index >= 15 is 0 Å². The molecule has 0 saturated carbocycles. The Hall–Kier alpha value is -1.72. The molecule has 9 heteroatoms. The first kappa shape index (κ1) is 25.5. The molecule has 1 saturated heterocycles. The SMILES string of the molecule is COCCN1C(C)CN(C(=NCc2ccccc2)NCc2nnc(C)n2C)CC1C.I. The highest BCUT2D eigenvalue weighted by Crippen LogP contribution is 2.16. The number of nitrogens with one attached hydrogen (secondary N) is 1. The lowest BCUT2D eigenvalue weighted by molar-refractivity contribution is 0.0442. The van der Waals surface area contributed by atoms with Gasteiger partial charge in [-0.15, -0.1) is 34.2 Å². The van der Waals surface area contributed by atoms with Gasteiger partial charge in [-0.25, -0.2) is 4.99 Å². The van der Waals surface area contributed by atoms with Crippen LogP contribution in [0.15, 0.2) is 35.3 Å². The maximum absolute atomic E-state index is 5.30. The average molecular weight is 541 g/mol. The minimum absolute atomic E-state index is 0. The van der Waals surface area contributed by atoms with Crippen molar-refractivity contribution in [2.45, 2.75) is 45.9 Å². The number of hydrogen-bond donors (Lipinski definition) is 1. The summed E-state index contributed by atoms with van der Waals surface area (Å²) in [5.74, 6) is 2.73. The molecule has 1 N–H and O–H groups in total. The van der Waals surface area contributed by atoms with E-state index in [1.807, 2.05) is 24.6 Å². The molecule has 1 aromatic heterocycles. The van der Waals surface area contributed by atoms with Crippen molar-refractivity contribution < 1.29 is 4.74 Å². The van der Waals surface area contributed by atoms with Crippen LogP contribution in [0.4, 0.5) is 0 Å². The van der Waals surface area contributed by atoms with Crippen molar-refractivity contribution >= 4 is 29.9 Å². The fourth-order valence-corrected chi connectivity index (χ4v) is 3.95. The number of methoxy groups -OCH3 is 1. The molecule has 172 valence electrons. The number of aromatic nitrogens is 3. The zero-order valence-corrected chi connectivity index (χ0v) is 21.6. The first-order valence-electron chi connectivity index (χ1n) is 10.7. The zero-order valence-electron chi connectivity index (χ0n) is 19.3. The Morgan fingerprint density at radius 3 is 2.42 bits per heavy atom. The van der Waals surface area contributed by atoms with Gasteiger partial charge in [-0.05, 0) is 26.3 Å². The Kier molecular flexibility index (Phi) is 10.2. The third-order valence-electron chi connectivity index (χ3n) is 5.80. The molecule has 2 atom stereocenters. The van der Waals surface area contributed by atoms with Gasteiger partial charge in [0.15, 0.2) is 11.8 Å². The second-order valence-corrected chi connectivity index (χ2v) is 8.04. The van der Waals surface area contributed by atoms with Gasteiger partial charge in [0.25, 0.3) is 0 Å². The minimum Gasteiger partial charge on any atom is -0.383 e. The van der Waals surface area contributed by atoms with Crippen LogP contribution in [0.3, 0.4) is 0 Å². The lowest BCUT2D eigenvalue weighted by Crippen LogP contribution is -2.60. The molecule has 1 aliphatic heterocycles. The number of aryl methyl sites for hydroxylation is 1. The second kappa shape index (κ2) is 12.4. The number of guanidine groups is 1. The van der Waals surface area contributed by atoms with E-state index < -0.39 is 0 Å². The molecule has 2 aromatic rings. The molecule has 0 bridgehead atoms. The lowest BCUT2D eigenvalue weighted by Gasteiger charge is -2.45. The van der Waals surface area contributed by atoms with Gasteiger partial charge in [-0.1, -0.05) is 30.3 Å². The van der Waals surface area contributed by atoms with Crippen LogP contribution in [-0.4, -0.2) is 76.0 Å². The molecule has 3 rings (SSSR count). The quantitative estimate of drug-likeness (QED) is 0.330. The zero-order chi connectivity index (χ0) is 21.5. The average Bonchev–Trinajstić information content (AvgIpc) is 3.06. The molecule has 1 aromatic carbocycles. The third-order valence-corrected chi connectivity index (χ3v) is 5.80. The molecule has 1 aliphatic rings. The number of aliphatic imine (C=N–C) groups is 1. The van der Waals surface area contributed by atoms with E-state index in [2.05, 4.69) is 63.4 Å². The summed E-state index contributed by atoms with van der Waals surface area (Å²) in [6.45, 7) is 11.3. The number of ether oxygens (including phenoxy) is 1. The van der Waals surface area contributed by atoms with E-state index in [9.17, 15) is 0 Å². The van der Waals surface area contributed by atoms with Gasteiger partial charge in [-0.3, -0.25) is 4.90 Å². The highest BCUT2D eigenvalue weighted by molar-refractivity contribution is 14.0. The van der Waals surface area contributed by atoms with Crippen molar-refractivity contribution in [2.24, 2.45) is 12.0 Å². The molecule has 0 amide bonds. The van der Waals surface area contributed by atoms with Crippen LogP contribution in [0.25, 0.3) is 0 Å². The van der Waals surface area contributed by atoms with Crippen molar-refractivity contribution in [3.8, 4) is 0 Å². The Balaban J connectivity index is 0.00000341. The van der Waals surface area contributed by atoms with Gasteiger partial charge >= 0.3 is 0 Å². The van der Waals surface area contributed by atoms with E-state index in [-0.39, 0.29) is 24.0 Å². The van der Waals surface area contributed by atoms with Gasteiger partial charge < -0.3 is 19.5 Å². The van der Waals surface area contributed by atoms with E-state index in [1.54, 1.807) is 7.11 Å². The van der Waals surface area contributed by atoms with Crippen LogP contribution >= 0.6 is 24.0 Å². The summed E-state index contributed by atoms with van der Waals surface area (Å²) < 4.78 is 7.31. The largest absolute Gasteiger partial charge is 0.383 e. The van der Waals surface area contributed by atoms with Crippen molar-refractivity contribution in [1.82, 2.24) is 29.9 Å². The second-order valence-electron chi connectivity index (χ2n) is 8.04. The Morgan fingerprint density at radius 2 is 1.84 bits per heavy atom. The molecule has 2 unspecified atom stereocenters. The van der Waals surface area contributed by atoms with Gasteiger partial charge in [0.2, 0.25) is 0 Å². The fourth-order valence-electron chi connectivity index (χ4n) is 3.95. The number of benzene rings is 1. The number of hydrogen-bond acceptors (Lipinski definition) is 5. The van der Waals surface area contributed by atoms with Crippen LogP contribution < -0.4 is 5.32 Å². The predicted octanol–water partition coefficient (Wildman–Crippen LogP) is 2.43. The maximum Gasteiger partial charge on any atom is 0.194 e. The highest BCUT2D eigenvalue weighted by atomic mass is 127. The van der Waals surface area contributed by atoms with Crippen LogP contribution in [0.5, 0.6) is 0 Å². The summed E-state index contributed by atoms with van der Waals surface area (Å²) in [5, 5.41) is 12.0. The Morgan fingerprint density at radius 1 is 1.16 bits per heavy atom. The molecule has 1 fully saturated rings. The van der Waals surface area contributed by atoms with Crippen molar-refractivity contribution in [3.63, 3.8) is 0 Å². The van der Waals surface area contributed by atoms with Gasteiger partial charge in [-0.2, -0.15) is 0 Å². The van der Waals surface area contributed by atoms with Crippen LogP contribution in [0.2, 0.25) is 0 Å². The van der Waals surface area contributed by atoms with E-state index in [0.29, 0.717) is 25.2 Å². The van der Waals surface area contributed by atoms with E-state index in [1.165, 1.54) is 5.56 Å². The molecule has 0 radical (unpaired) electrons. The highest BCUT2D eigenvalue weighted by Gasteiger charge is 2.30. The third kappa shape index (κ3) is 6.88. The first-order chi connectivity index (χ1) is 14.5. The van der Waals surface area contributed by atoms with E-state index in [4.69, 9.17) is 9.73 Å². The van der Waals surface area contributed by atoms with Crippen molar-refractivity contribution in [1.29, 1.82) is 0 Å². The number of piperazine rings is 1. The minimum atomic E-state index is 0. The molecule has 31 heavy (non-hydrogen) atoms. The molecule has 2 heterocycles. The summed E-state index contributed by atoms with van der Waals surface area (Å²) >= 11 is 0. The standard InChI is InChI=1S/C22H35N7O.HI/c1-17-15-28(16-18(2)29(17)11-12-30-5)22(23-13-20-9-7-6-8-10-20)24-14-21-26-25-19(3)27(21)4;/h6-10,17-18H,11-16H2,1-5H3,(H,23,24);1H. The lowest BCUT2D eigenvalue weighted by atomic mass is 10.1. The summed E-state index contributed by atoms with van der Waals surface area (Å²) in [6, 6.07) is 11.2. The summed E-state index contributed by atoms with van der Waals surface area (Å²) in [4.78, 5) is 9.84. The van der Waals surface area contributed by atoms with Crippen molar-refractivity contribution in [3.05, 3.63) is 47.5 Å². The summed E-state index contributed by atoms with van der Waals surface area (Å²) in [6.07, 6.45) is 0. The number of halogens is 1. The molecule has 8 nitrogen and oxygen atoms in total. The van der Waals surface area contributed by atoms with Gasteiger partial charge in [0.1, 0.15) is 5.82 Å². The monoisotopic (exact) mass is 541 g/mol.